The SMILES string of the molecule is COc1ccc(-n2c(C)c([N+](=O)[O-])c3cc(C)ccc32)cc1. The van der Waals surface area contributed by atoms with Gasteiger partial charge in [-0.2, -0.15) is 0 Å². The van der Waals surface area contributed by atoms with E-state index in [0.29, 0.717) is 11.1 Å². The fraction of sp³-hybridized carbons (Fsp3) is 0.176. The van der Waals surface area contributed by atoms with Gasteiger partial charge in [0.25, 0.3) is 5.69 Å². The normalized spacial score (nSPS) is 10.9. The zero-order valence-electron chi connectivity index (χ0n) is 12.7. The minimum atomic E-state index is -0.308. The number of fused-ring (bicyclic) bond motifs is 1. The molecule has 0 spiro atoms. The Kier molecular flexibility index (Phi) is 3.33. The Hall–Kier alpha value is -2.82. The number of aromatic nitrogens is 1. The van der Waals surface area contributed by atoms with Crippen molar-refractivity contribution in [1.29, 1.82) is 0 Å². The van der Waals surface area contributed by atoms with Crippen LogP contribution in [-0.2, 0) is 0 Å². The van der Waals surface area contributed by atoms with E-state index in [2.05, 4.69) is 0 Å². The average Bonchev–Trinajstić information content (AvgIpc) is 2.78. The number of benzene rings is 2. The smallest absolute Gasteiger partial charge is 0.298 e. The summed E-state index contributed by atoms with van der Waals surface area (Å²) in [6.45, 7) is 3.71. The van der Waals surface area contributed by atoms with Gasteiger partial charge in [-0.1, -0.05) is 11.6 Å². The Morgan fingerprint density at radius 2 is 1.77 bits per heavy atom. The van der Waals surface area contributed by atoms with Crippen molar-refractivity contribution in [3.63, 3.8) is 0 Å². The van der Waals surface area contributed by atoms with E-state index in [4.69, 9.17) is 4.74 Å². The van der Waals surface area contributed by atoms with Gasteiger partial charge in [0.15, 0.2) is 0 Å². The summed E-state index contributed by atoms with van der Waals surface area (Å²) < 4.78 is 7.07. The average molecular weight is 296 g/mol. The molecule has 0 fully saturated rings. The van der Waals surface area contributed by atoms with Crippen LogP contribution in [0.15, 0.2) is 42.5 Å². The predicted octanol–water partition coefficient (Wildman–Crippen LogP) is 4.16. The van der Waals surface area contributed by atoms with Gasteiger partial charge in [0.1, 0.15) is 5.75 Å². The van der Waals surface area contributed by atoms with Gasteiger partial charge in [0.2, 0.25) is 0 Å². The molecule has 22 heavy (non-hydrogen) atoms. The van der Waals surface area contributed by atoms with Crippen LogP contribution in [0.4, 0.5) is 5.69 Å². The molecule has 0 aliphatic heterocycles. The summed E-state index contributed by atoms with van der Waals surface area (Å²) in [6, 6.07) is 13.2. The third-order valence-electron chi connectivity index (χ3n) is 3.84. The van der Waals surface area contributed by atoms with Gasteiger partial charge >= 0.3 is 0 Å². The molecular weight excluding hydrogens is 280 g/mol. The highest BCUT2D eigenvalue weighted by Crippen LogP contribution is 2.35. The number of ether oxygens (including phenoxy) is 1. The molecule has 0 atom stereocenters. The van der Waals surface area contributed by atoms with Crippen LogP contribution in [0.5, 0.6) is 5.75 Å². The second-order valence-corrected chi connectivity index (χ2v) is 5.25. The maximum absolute atomic E-state index is 11.5. The Morgan fingerprint density at radius 3 is 2.36 bits per heavy atom. The van der Waals surface area contributed by atoms with Gasteiger partial charge in [0, 0.05) is 5.69 Å². The first-order valence-electron chi connectivity index (χ1n) is 6.93. The van der Waals surface area contributed by atoms with E-state index in [0.717, 1.165) is 22.5 Å². The lowest BCUT2D eigenvalue weighted by atomic mass is 10.1. The number of methoxy groups -OCH3 is 1. The standard InChI is InChI=1S/C17H16N2O3/c1-11-4-9-16-15(10-11)17(19(20)21)12(2)18(16)13-5-7-14(22-3)8-6-13/h4-10H,1-3H3. The van der Waals surface area contributed by atoms with Crippen molar-refractivity contribution in [2.24, 2.45) is 0 Å². The van der Waals surface area contributed by atoms with Crippen molar-refractivity contribution in [2.45, 2.75) is 13.8 Å². The molecule has 112 valence electrons. The Labute approximate surface area is 127 Å². The van der Waals surface area contributed by atoms with E-state index in [1.807, 2.05) is 54.0 Å². The number of rotatable bonds is 3. The fourth-order valence-electron chi connectivity index (χ4n) is 2.81. The van der Waals surface area contributed by atoms with Gasteiger partial charge in [-0.05, 0) is 50.2 Å². The number of aryl methyl sites for hydroxylation is 1. The lowest BCUT2D eigenvalue weighted by molar-refractivity contribution is -0.383. The molecule has 0 bridgehead atoms. The number of hydrogen-bond donors (Lipinski definition) is 0. The molecule has 0 saturated carbocycles. The first-order valence-corrected chi connectivity index (χ1v) is 6.93. The molecule has 0 N–H and O–H groups in total. The summed E-state index contributed by atoms with van der Waals surface area (Å²) in [5.41, 5.74) is 3.49. The van der Waals surface area contributed by atoms with Crippen LogP contribution in [0.3, 0.4) is 0 Å². The molecule has 5 nitrogen and oxygen atoms in total. The summed E-state index contributed by atoms with van der Waals surface area (Å²) in [4.78, 5) is 11.2. The van der Waals surface area contributed by atoms with Crippen LogP contribution in [0.25, 0.3) is 16.6 Å². The molecule has 5 heteroatoms. The molecule has 0 saturated heterocycles. The second-order valence-electron chi connectivity index (χ2n) is 5.25. The monoisotopic (exact) mass is 296 g/mol. The van der Waals surface area contributed by atoms with Crippen molar-refractivity contribution in [1.82, 2.24) is 4.57 Å². The molecule has 3 aromatic rings. The van der Waals surface area contributed by atoms with Crippen molar-refractivity contribution < 1.29 is 9.66 Å². The highest BCUT2D eigenvalue weighted by Gasteiger charge is 2.23. The number of nitrogens with zero attached hydrogens (tertiary/aromatic N) is 2. The molecule has 1 aromatic heterocycles. The third kappa shape index (κ3) is 2.11. The Bertz CT molecular complexity index is 864. The van der Waals surface area contributed by atoms with Gasteiger partial charge in [0.05, 0.1) is 28.6 Å². The van der Waals surface area contributed by atoms with Crippen LogP contribution in [0.2, 0.25) is 0 Å². The number of hydrogen-bond acceptors (Lipinski definition) is 3. The van der Waals surface area contributed by atoms with E-state index < -0.39 is 0 Å². The van der Waals surface area contributed by atoms with E-state index in [1.165, 1.54) is 0 Å². The van der Waals surface area contributed by atoms with Crippen LogP contribution in [0, 0.1) is 24.0 Å². The molecule has 2 aromatic carbocycles. The molecule has 3 rings (SSSR count). The van der Waals surface area contributed by atoms with Gasteiger partial charge in [-0.3, -0.25) is 10.1 Å². The van der Waals surface area contributed by atoms with Crippen molar-refractivity contribution >= 4 is 16.6 Å². The maximum atomic E-state index is 11.5. The molecule has 0 radical (unpaired) electrons. The minimum Gasteiger partial charge on any atom is -0.497 e. The summed E-state index contributed by atoms with van der Waals surface area (Å²) in [6.07, 6.45) is 0. The predicted molar refractivity (Wildman–Crippen MR) is 86.0 cm³/mol. The van der Waals surface area contributed by atoms with Crippen molar-refractivity contribution in [2.75, 3.05) is 7.11 Å². The second kappa shape index (κ2) is 5.18. The topological polar surface area (TPSA) is 57.3 Å². The van der Waals surface area contributed by atoms with Crippen LogP contribution >= 0.6 is 0 Å². The summed E-state index contributed by atoms with van der Waals surface area (Å²) in [5, 5.41) is 12.1. The van der Waals surface area contributed by atoms with Crippen LogP contribution < -0.4 is 4.74 Å². The highest BCUT2D eigenvalue weighted by molar-refractivity contribution is 5.93. The zero-order valence-corrected chi connectivity index (χ0v) is 12.7. The molecule has 0 amide bonds. The van der Waals surface area contributed by atoms with Gasteiger partial charge in [-0.25, -0.2) is 0 Å². The lowest BCUT2D eigenvalue weighted by Gasteiger charge is -2.08. The van der Waals surface area contributed by atoms with E-state index in [1.54, 1.807) is 14.0 Å². The highest BCUT2D eigenvalue weighted by atomic mass is 16.6. The molecular formula is C17H16N2O3. The summed E-state index contributed by atoms with van der Waals surface area (Å²) in [7, 11) is 1.61. The molecule has 0 unspecified atom stereocenters. The van der Waals surface area contributed by atoms with E-state index in [9.17, 15) is 10.1 Å². The molecule has 0 aliphatic rings. The zero-order chi connectivity index (χ0) is 15.9. The van der Waals surface area contributed by atoms with E-state index in [-0.39, 0.29) is 10.6 Å². The van der Waals surface area contributed by atoms with Gasteiger partial charge < -0.3 is 9.30 Å². The van der Waals surface area contributed by atoms with Crippen LogP contribution in [0.1, 0.15) is 11.3 Å². The summed E-state index contributed by atoms with van der Waals surface area (Å²) in [5.74, 6) is 0.753. The third-order valence-corrected chi connectivity index (χ3v) is 3.84. The Morgan fingerprint density at radius 1 is 1.09 bits per heavy atom. The molecule has 0 aliphatic carbocycles. The van der Waals surface area contributed by atoms with Gasteiger partial charge in [-0.15, -0.1) is 0 Å². The maximum Gasteiger partial charge on any atom is 0.298 e. The van der Waals surface area contributed by atoms with Crippen LogP contribution in [-0.4, -0.2) is 16.6 Å². The van der Waals surface area contributed by atoms with Crippen molar-refractivity contribution in [3.05, 3.63) is 63.8 Å². The quantitative estimate of drug-likeness (QED) is 0.538. The first-order chi connectivity index (χ1) is 10.5. The largest absolute Gasteiger partial charge is 0.497 e. The lowest BCUT2D eigenvalue weighted by Crippen LogP contribution is -1.98. The number of nitro groups is 1. The molecule has 1 heterocycles. The Balaban J connectivity index is 2.33. The van der Waals surface area contributed by atoms with E-state index >= 15 is 0 Å². The minimum absolute atomic E-state index is 0.162. The fourth-order valence-corrected chi connectivity index (χ4v) is 2.81. The first kappa shape index (κ1) is 14.1. The van der Waals surface area contributed by atoms with Crippen molar-refractivity contribution in [3.8, 4) is 11.4 Å². The summed E-state index contributed by atoms with van der Waals surface area (Å²) >= 11 is 0.